The molecule has 0 aliphatic heterocycles. The fourth-order valence-electron chi connectivity index (χ4n) is 1.90. The lowest BCUT2D eigenvalue weighted by Gasteiger charge is -2.19. The molecule has 1 aromatic rings. The summed E-state index contributed by atoms with van der Waals surface area (Å²) in [6.07, 6.45) is 3.05. The first kappa shape index (κ1) is 14.5. The van der Waals surface area contributed by atoms with E-state index in [4.69, 9.17) is 5.11 Å². The molecule has 0 spiro atoms. The monoisotopic (exact) mass is 246 g/mol. The van der Waals surface area contributed by atoms with Crippen LogP contribution in [0.15, 0.2) is 30.3 Å². The number of rotatable bonds is 4. The fourth-order valence-corrected chi connectivity index (χ4v) is 1.90. The van der Waals surface area contributed by atoms with Gasteiger partial charge >= 0.3 is 5.97 Å². The summed E-state index contributed by atoms with van der Waals surface area (Å²) in [6.45, 7) is 8.56. The van der Waals surface area contributed by atoms with Crippen LogP contribution in [0, 0.1) is 0 Å². The van der Waals surface area contributed by atoms with Crippen molar-refractivity contribution in [2.75, 3.05) is 0 Å². The summed E-state index contributed by atoms with van der Waals surface area (Å²) in [5.74, 6) is -0.877. The molecule has 0 saturated carbocycles. The molecule has 18 heavy (non-hydrogen) atoms. The van der Waals surface area contributed by atoms with Gasteiger partial charge in [-0.15, -0.1) is 0 Å². The lowest BCUT2D eigenvalue weighted by Crippen LogP contribution is -2.10. The van der Waals surface area contributed by atoms with Crippen LogP contribution in [-0.2, 0) is 10.2 Å². The first-order valence-corrected chi connectivity index (χ1v) is 6.39. The molecular formula is C16H22O2. The van der Waals surface area contributed by atoms with Gasteiger partial charge in [-0.05, 0) is 28.5 Å². The Morgan fingerprint density at radius 3 is 2.17 bits per heavy atom. The predicted molar refractivity (Wildman–Crippen MR) is 75.7 cm³/mol. The van der Waals surface area contributed by atoms with Gasteiger partial charge in [0.1, 0.15) is 0 Å². The van der Waals surface area contributed by atoms with Crippen LogP contribution in [0.2, 0.25) is 0 Å². The molecule has 98 valence electrons. The number of carboxylic acid groups (broad SMARTS) is 1. The molecule has 1 N–H and O–H groups in total. The molecule has 1 aromatic carbocycles. The Morgan fingerprint density at radius 1 is 1.22 bits per heavy atom. The Kier molecular flexibility index (Phi) is 4.71. The topological polar surface area (TPSA) is 37.3 Å². The van der Waals surface area contributed by atoms with Gasteiger partial charge < -0.3 is 5.11 Å². The van der Waals surface area contributed by atoms with Gasteiger partial charge in [0.15, 0.2) is 0 Å². The standard InChI is InChI=1S/C16H22O2/c1-5-6-13(11-15(17)18)12-7-9-14(10-8-12)16(2,3)4/h7-11H,5-6H2,1-4H3,(H,17,18)/b13-11+. The summed E-state index contributed by atoms with van der Waals surface area (Å²) in [4.78, 5) is 10.8. The number of hydrogen-bond donors (Lipinski definition) is 1. The van der Waals surface area contributed by atoms with Crippen molar-refractivity contribution in [1.82, 2.24) is 0 Å². The van der Waals surface area contributed by atoms with Crippen LogP contribution in [0.4, 0.5) is 0 Å². The van der Waals surface area contributed by atoms with E-state index in [-0.39, 0.29) is 5.41 Å². The molecular weight excluding hydrogens is 224 g/mol. The molecule has 0 bridgehead atoms. The van der Waals surface area contributed by atoms with Crippen molar-refractivity contribution >= 4 is 11.5 Å². The molecule has 0 aliphatic carbocycles. The molecule has 0 saturated heterocycles. The van der Waals surface area contributed by atoms with Gasteiger partial charge in [0.25, 0.3) is 0 Å². The summed E-state index contributed by atoms with van der Waals surface area (Å²) < 4.78 is 0. The minimum atomic E-state index is -0.877. The maximum absolute atomic E-state index is 10.8. The van der Waals surface area contributed by atoms with Crippen LogP contribution >= 0.6 is 0 Å². The van der Waals surface area contributed by atoms with Crippen molar-refractivity contribution < 1.29 is 9.90 Å². The lowest BCUT2D eigenvalue weighted by molar-refractivity contribution is -0.131. The zero-order chi connectivity index (χ0) is 13.8. The number of benzene rings is 1. The van der Waals surface area contributed by atoms with Gasteiger partial charge in [-0.2, -0.15) is 0 Å². The molecule has 0 atom stereocenters. The van der Waals surface area contributed by atoms with Crippen molar-refractivity contribution in [3.8, 4) is 0 Å². The summed E-state index contributed by atoms with van der Waals surface area (Å²) in [7, 11) is 0. The van der Waals surface area contributed by atoms with Crippen LogP contribution < -0.4 is 0 Å². The van der Waals surface area contributed by atoms with E-state index in [2.05, 4.69) is 39.8 Å². The third kappa shape index (κ3) is 4.02. The molecule has 1 rings (SSSR count). The molecule has 2 nitrogen and oxygen atoms in total. The van der Waals surface area contributed by atoms with E-state index in [1.54, 1.807) is 0 Å². The maximum Gasteiger partial charge on any atom is 0.328 e. The third-order valence-corrected chi connectivity index (χ3v) is 2.94. The molecule has 0 unspecified atom stereocenters. The Labute approximate surface area is 109 Å². The SMILES string of the molecule is CCC/C(=C\C(=O)O)c1ccc(C(C)(C)C)cc1. The van der Waals surface area contributed by atoms with E-state index in [0.29, 0.717) is 0 Å². The number of aliphatic carboxylic acids is 1. The highest BCUT2D eigenvalue weighted by atomic mass is 16.4. The number of hydrogen-bond acceptors (Lipinski definition) is 1. The highest BCUT2D eigenvalue weighted by Crippen LogP contribution is 2.25. The fraction of sp³-hybridized carbons (Fsp3) is 0.438. The molecule has 0 radical (unpaired) electrons. The average Bonchev–Trinajstić information content (AvgIpc) is 2.27. The molecule has 0 fully saturated rings. The van der Waals surface area contributed by atoms with Crippen molar-refractivity contribution in [3.05, 3.63) is 41.5 Å². The number of allylic oxidation sites excluding steroid dienone is 1. The van der Waals surface area contributed by atoms with E-state index < -0.39 is 5.97 Å². The Hall–Kier alpha value is -1.57. The third-order valence-electron chi connectivity index (χ3n) is 2.94. The number of carboxylic acids is 1. The second-order valence-electron chi connectivity index (χ2n) is 5.59. The van der Waals surface area contributed by atoms with E-state index in [9.17, 15) is 4.79 Å². The second-order valence-corrected chi connectivity index (χ2v) is 5.59. The molecule has 0 amide bonds. The quantitative estimate of drug-likeness (QED) is 0.806. The summed E-state index contributed by atoms with van der Waals surface area (Å²) >= 11 is 0. The van der Waals surface area contributed by atoms with Crippen molar-refractivity contribution in [1.29, 1.82) is 0 Å². The zero-order valence-electron chi connectivity index (χ0n) is 11.7. The zero-order valence-corrected chi connectivity index (χ0v) is 11.7. The molecule has 0 aliphatic rings. The van der Waals surface area contributed by atoms with Gasteiger partial charge in [0.2, 0.25) is 0 Å². The van der Waals surface area contributed by atoms with E-state index in [1.807, 2.05) is 12.1 Å². The van der Waals surface area contributed by atoms with Gasteiger partial charge in [-0.3, -0.25) is 0 Å². The largest absolute Gasteiger partial charge is 0.478 e. The summed E-state index contributed by atoms with van der Waals surface area (Å²) in [5, 5.41) is 8.88. The Balaban J connectivity index is 3.05. The highest BCUT2D eigenvalue weighted by Gasteiger charge is 2.13. The van der Waals surface area contributed by atoms with Crippen LogP contribution in [0.3, 0.4) is 0 Å². The second kappa shape index (κ2) is 5.85. The minimum absolute atomic E-state index is 0.125. The Bertz CT molecular complexity index is 433. The smallest absolute Gasteiger partial charge is 0.328 e. The molecule has 0 heterocycles. The van der Waals surface area contributed by atoms with Gasteiger partial charge in [0.05, 0.1) is 0 Å². The van der Waals surface area contributed by atoms with Gasteiger partial charge in [-0.1, -0.05) is 58.4 Å². The lowest BCUT2D eigenvalue weighted by atomic mass is 9.86. The van der Waals surface area contributed by atoms with Crippen LogP contribution in [0.1, 0.15) is 51.7 Å². The van der Waals surface area contributed by atoms with E-state index >= 15 is 0 Å². The average molecular weight is 246 g/mol. The van der Waals surface area contributed by atoms with Gasteiger partial charge in [0, 0.05) is 6.08 Å². The number of carbonyl (C=O) groups is 1. The Morgan fingerprint density at radius 2 is 1.78 bits per heavy atom. The highest BCUT2D eigenvalue weighted by molar-refractivity contribution is 5.90. The van der Waals surface area contributed by atoms with E-state index in [1.165, 1.54) is 11.6 Å². The summed E-state index contributed by atoms with van der Waals surface area (Å²) in [6, 6.07) is 8.21. The first-order valence-electron chi connectivity index (χ1n) is 6.39. The summed E-state index contributed by atoms with van der Waals surface area (Å²) in [5.41, 5.74) is 3.29. The molecule has 0 aromatic heterocycles. The minimum Gasteiger partial charge on any atom is -0.478 e. The normalized spacial score (nSPS) is 12.6. The van der Waals surface area contributed by atoms with E-state index in [0.717, 1.165) is 24.0 Å². The van der Waals surface area contributed by atoms with Crippen LogP contribution in [0.5, 0.6) is 0 Å². The van der Waals surface area contributed by atoms with Crippen LogP contribution in [-0.4, -0.2) is 11.1 Å². The predicted octanol–water partition coefficient (Wildman–Crippen LogP) is 4.25. The van der Waals surface area contributed by atoms with Crippen molar-refractivity contribution in [2.24, 2.45) is 0 Å². The molecule has 2 heteroatoms. The first-order chi connectivity index (χ1) is 8.34. The van der Waals surface area contributed by atoms with Crippen molar-refractivity contribution in [3.63, 3.8) is 0 Å². The van der Waals surface area contributed by atoms with Crippen molar-refractivity contribution in [2.45, 2.75) is 46.0 Å². The van der Waals surface area contributed by atoms with Gasteiger partial charge in [-0.25, -0.2) is 4.79 Å². The van der Waals surface area contributed by atoms with Crippen LogP contribution in [0.25, 0.3) is 5.57 Å². The maximum atomic E-state index is 10.8.